The molecule has 1 heterocycles. The minimum absolute atomic E-state index is 0.360. The van der Waals surface area contributed by atoms with Crippen LogP contribution in [0.2, 0.25) is 0 Å². The lowest BCUT2D eigenvalue weighted by Crippen LogP contribution is -2.30. The van der Waals surface area contributed by atoms with Gasteiger partial charge in [0, 0.05) is 0 Å². The van der Waals surface area contributed by atoms with E-state index in [-0.39, 0.29) is 0 Å². The Morgan fingerprint density at radius 2 is 1.47 bits per heavy atom. The first-order valence-electron chi connectivity index (χ1n) is 6.05. The Morgan fingerprint density at radius 3 is 2.13 bits per heavy atom. The van der Waals surface area contributed by atoms with Gasteiger partial charge < -0.3 is 0 Å². The molecule has 15 heavy (non-hydrogen) atoms. The first-order valence-corrected chi connectivity index (χ1v) is 6.43. The summed E-state index contributed by atoms with van der Waals surface area (Å²) in [6.07, 6.45) is 9.01. The largest absolute Gasteiger partial charge is 0.281 e. The first kappa shape index (κ1) is 11.1. The van der Waals surface area contributed by atoms with Crippen molar-refractivity contribution < 1.29 is 0 Å². The highest BCUT2D eigenvalue weighted by Gasteiger charge is 2.25. The third kappa shape index (κ3) is 2.81. The molecule has 0 aromatic carbocycles. The van der Waals surface area contributed by atoms with Gasteiger partial charge in [-0.05, 0) is 19.8 Å². The third-order valence-corrected chi connectivity index (χ3v) is 3.75. The quantitative estimate of drug-likeness (QED) is 0.603. The standard InChI is InChI=1S/C12H19ClN2/c1-9-12(13)15-11-8-6-4-2-3-5-7-10(11)14-9/h10-11H,2-8H2,1H3. The van der Waals surface area contributed by atoms with Gasteiger partial charge in [-0.15, -0.1) is 0 Å². The van der Waals surface area contributed by atoms with E-state index in [1.807, 2.05) is 6.92 Å². The summed E-state index contributed by atoms with van der Waals surface area (Å²) in [5, 5.41) is 0.635. The molecule has 84 valence electrons. The van der Waals surface area contributed by atoms with E-state index >= 15 is 0 Å². The van der Waals surface area contributed by atoms with E-state index in [4.69, 9.17) is 11.6 Å². The van der Waals surface area contributed by atoms with Gasteiger partial charge in [0.15, 0.2) is 0 Å². The van der Waals surface area contributed by atoms with Crippen molar-refractivity contribution in [3.8, 4) is 0 Å². The van der Waals surface area contributed by atoms with Crippen LogP contribution in [0.3, 0.4) is 0 Å². The molecule has 1 aliphatic heterocycles. The molecule has 0 amide bonds. The summed E-state index contributed by atoms with van der Waals surface area (Å²) in [5.74, 6) is 0. The number of halogens is 1. The van der Waals surface area contributed by atoms with Gasteiger partial charge in [-0.3, -0.25) is 9.98 Å². The minimum atomic E-state index is 0.360. The second-order valence-electron chi connectivity index (χ2n) is 4.61. The number of nitrogens with zero attached hydrogens (tertiary/aromatic N) is 2. The van der Waals surface area contributed by atoms with Gasteiger partial charge in [0.05, 0.1) is 17.8 Å². The Balaban J connectivity index is 2.09. The Kier molecular flexibility index (Phi) is 3.79. The second kappa shape index (κ2) is 5.11. The fourth-order valence-corrected chi connectivity index (χ4v) is 2.64. The van der Waals surface area contributed by atoms with E-state index < -0.39 is 0 Å². The van der Waals surface area contributed by atoms with Gasteiger partial charge in [-0.2, -0.15) is 0 Å². The molecule has 2 unspecified atom stereocenters. The lowest BCUT2D eigenvalue weighted by atomic mass is 9.99. The zero-order chi connectivity index (χ0) is 10.7. The Labute approximate surface area is 96.8 Å². The van der Waals surface area contributed by atoms with Crippen LogP contribution in [0.5, 0.6) is 0 Å². The van der Waals surface area contributed by atoms with Crippen LogP contribution < -0.4 is 0 Å². The fraction of sp³-hybridized carbons (Fsp3) is 0.833. The molecule has 2 aliphatic rings. The lowest BCUT2D eigenvalue weighted by Gasteiger charge is -2.24. The highest BCUT2D eigenvalue weighted by atomic mass is 35.5. The molecule has 0 N–H and O–H groups in total. The van der Waals surface area contributed by atoms with E-state index in [2.05, 4.69) is 9.98 Å². The van der Waals surface area contributed by atoms with Gasteiger partial charge in [-0.25, -0.2) is 0 Å². The summed E-state index contributed by atoms with van der Waals surface area (Å²) in [6, 6.07) is 0.768. The highest BCUT2D eigenvalue weighted by molar-refractivity contribution is 6.83. The van der Waals surface area contributed by atoms with Crippen molar-refractivity contribution in [2.45, 2.75) is 64.0 Å². The lowest BCUT2D eigenvalue weighted by molar-refractivity contribution is 0.463. The summed E-state index contributed by atoms with van der Waals surface area (Å²) in [7, 11) is 0. The summed E-state index contributed by atoms with van der Waals surface area (Å²) in [4.78, 5) is 9.26. The molecule has 2 atom stereocenters. The number of fused-ring (bicyclic) bond motifs is 1. The van der Waals surface area contributed by atoms with Crippen LogP contribution in [0.15, 0.2) is 9.98 Å². The van der Waals surface area contributed by atoms with E-state index in [0.717, 1.165) is 12.1 Å². The molecule has 1 fully saturated rings. The smallest absolute Gasteiger partial charge is 0.144 e. The topological polar surface area (TPSA) is 24.7 Å². The summed E-state index contributed by atoms with van der Waals surface area (Å²) >= 11 is 6.04. The van der Waals surface area contributed by atoms with Crippen LogP contribution in [0.1, 0.15) is 51.9 Å². The molecule has 0 radical (unpaired) electrons. The summed E-state index contributed by atoms with van der Waals surface area (Å²) < 4.78 is 0. The third-order valence-electron chi connectivity index (χ3n) is 3.38. The van der Waals surface area contributed by atoms with Crippen LogP contribution in [-0.4, -0.2) is 23.0 Å². The number of hydrogen-bond acceptors (Lipinski definition) is 2. The molecule has 1 saturated carbocycles. The molecule has 0 saturated heterocycles. The van der Waals surface area contributed by atoms with Crippen molar-refractivity contribution in [3.05, 3.63) is 0 Å². The predicted octanol–water partition coefficient (Wildman–Crippen LogP) is 3.58. The molecule has 2 rings (SSSR count). The maximum Gasteiger partial charge on any atom is 0.144 e. The van der Waals surface area contributed by atoms with Crippen molar-refractivity contribution in [2.75, 3.05) is 0 Å². The maximum atomic E-state index is 6.04. The molecule has 0 aromatic heterocycles. The van der Waals surface area contributed by atoms with E-state index in [1.54, 1.807) is 0 Å². The fourth-order valence-electron chi connectivity index (χ4n) is 2.46. The van der Waals surface area contributed by atoms with E-state index in [1.165, 1.54) is 38.5 Å². The molecule has 0 aromatic rings. The predicted molar refractivity (Wildman–Crippen MR) is 66.3 cm³/mol. The molecule has 2 nitrogen and oxygen atoms in total. The number of rotatable bonds is 0. The first-order chi connectivity index (χ1) is 7.27. The zero-order valence-corrected chi connectivity index (χ0v) is 10.1. The molecule has 0 bridgehead atoms. The van der Waals surface area contributed by atoms with Gasteiger partial charge in [-0.1, -0.05) is 43.7 Å². The molecule has 1 aliphatic carbocycles. The van der Waals surface area contributed by atoms with Crippen molar-refractivity contribution in [3.63, 3.8) is 0 Å². The second-order valence-corrected chi connectivity index (χ2v) is 4.97. The van der Waals surface area contributed by atoms with E-state index in [0.29, 0.717) is 17.3 Å². The summed E-state index contributed by atoms with van der Waals surface area (Å²) in [5.41, 5.74) is 0.928. The van der Waals surface area contributed by atoms with Crippen LogP contribution in [0.25, 0.3) is 0 Å². The highest BCUT2D eigenvalue weighted by Crippen LogP contribution is 2.25. The SMILES string of the molecule is CC1=NC2CCCCCCCC2N=C1Cl. The number of aliphatic imine (C=N–C) groups is 2. The monoisotopic (exact) mass is 226 g/mol. The van der Waals surface area contributed by atoms with E-state index in [9.17, 15) is 0 Å². The average Bonchev–Trinajstić information content (AvgIpc) is 2.31. The molecule has 0 spiro atoms. The normalized spacial score (nSPS) is 32.9. The molecular weight excluding hydrogens is 208 g/mol. The van der Waals surface area contributed by atoms with Gasteiger partial charge in [0.2, 0.25) is 0 Å². The van der Waals surface area contributed by atoms with Crippen molar-refractivity contribution in [1.82, 2.24) is 0 Å². The van der Waals surface area contributed by atoms with Crippen LogP contribution in [-0.2, 0) is 0 Å². The minimum Gasteiger partial charge on any atom is -0.281 e. The molecule has 3 heteroatoms. The maximum absolute atomic E-state index is 6.04. The molecular formula is C12H19ClN2. The van der Waals surface area contributed by atoms with Crippen molar-refractivity contribution in [2.24, 2.45) is 9.98 Å². The van der Waals surface area contributed by atoms with Crippen LogP contribution >= 0.6 is 11.6 Å². The Morgan fingerprint density at radius 1 is 0.933 bits per heavy atom. The van der Waals surface area contributed by atoms with Crippen LogP contribution in [0, 0.1) is 0 Å². The number of hydrogen-bond donors (Lipinski definition) is 0. The average molecular weight is 227 g/mol. The Bertz CT molecular complexity index is 255. The van der Waals surface area contributed by atoms with Crippen LogP contribution in [0.4, 0.5) is 0 Å². The summed E-state index contributed by atoms with van der Waals surface area (Å²) in [6.45, 7) is 1.97. The Hall–Kier alpha value is -0.370. The van der Waals surface area contributed by atoms with Gasteiger partial charge in [0.1, 0.15) is 5.17 Å². The van der Waals surface area contributed by atoms with Gasteiger partial charge >= 0.3 is 0 Å². The van der Waals surface area contributed by atoms with Gasteiger partial charge in [0.25, 0.3) is 0 Å². The van der Waals surface area contributed by atoms with Crippen molar-refractivity contribution >= 4 is 22.5 Å². The zero-order valence-electron chi connectivity index (χ0n) is 9.38. The van der Waals surface area contributed by atoms with Crippen molar-refractivity contribution in [1.29, 1.82) is 0 Å².